The summed E-state index contributed by atoms with van der Waals surface area (Å²) in [6.45, 7) is 2.44. The third-order valence-electron chi connectivity index (χ3n) is 18.7. The number of phosphoric ester groups is 2. The summed E-state index contributed by atoms with van der Waals surface area (Å²) in [6, 6.07) is 0. The van der Waals surface area contributed by atoms with E-state index in [1.165, 1.54) is 141 Å². The molecule has 0 radical (unpaired) electrons. The molecule has 0 aliphatic rings. The van der Waals surface area contributed by atoms with E-state index < -0.39 is 91.5 Å². The van der Waals surface area contributed by atoms with Crippen LogP contribution in [0.4, 0.5) is 0 Å². The van der Waals surface area contributed by atoms with Crippen LogP contribution in [0.3, 0.4) is 0 Å². The largest absolute Gasteiger partial charge is 0.472 e. The van der Waals surface area contributed by atoms with Crippen LogP contribution >= 0.6 is 15.6 Å². The van der Waals surface area contributed by atoms with Gasteiger partial charge in [-0.05, 0) is 148 Å². The molecule has 0 amide bonds. The maximum atomic E-state index is 13.0. The van der Waals surface area contributed by atoms with Gasteiger partial charge in [0.1, 0.15) is 25.4 Å². The molecule has 5 unspecified atom stereocenters. The summed E-state index contributed by atoms with van der Waals surface area (Å²) in [5, 5.41) is 20.7. The highest BCUT2D eigenvalue weighted by Gasteiger charge is 2.29. The van der Waals surface area contributed by atoms with E-state index in [2.05, 4.69) is 179 Å². The highest BCUT2D eigenvalue weighted by Crippen LogP contribution is 2.45. The van der Waals surface area contributed by atoms with Crippen molar-refractivity contribution in [1.82, 2.24) is 0 Å². The summed E-state index contributed by atoms with van der Waals surface area (Å²) >= 11 is 0. The maximum Gasteiger partial charge on any atom is 0.472 e. The molecule has 0 heterocycles. The lowest BCUT2D eigenvalue weighted by Crippen LogP contribution is -2.30. The fraction of sp³-hybridized carbons (Fsp3) is 0.695. The topological polar surface area (TPSA) is 231 Å². The van der Waals surface area contributed by atoms with Gasteiger partial charge in [0.05, 0.1) is 26.4 Å². The third-order valence-corrected chi connectivity index (χ3v) is 20.6. The third kappa shape index (κ3) is 87.8. The number of ether oxygens (including phenoxy) is 3. The molecule has 16 nitrogen and oxygen atoms in total. The number of hydrogen-bond donors (Lipinski definition) is 4. The Labute approximate surface area is 689 Å². The summed E-state index contributed by atoms with van der Waals surface area (Å²) in [7, 11) is -9.81. The summed E-state index contributed by atoms with van der Waals surface area (Å²) in [5.41, 5.74) is 0. The van der Waals surface area contributed by atoms with E-state index in [9.17, 15) is 43.5 Å². The Bertz CT molecular complexity index is 2680. The molecule has 0 fully saturated rings. The first-order valence-electron chi connectivity index (χ1n) is 44.8. The molecule has 0 saturated heterocycles. The average molecular weight is 1620 g/mol. The van der Waals surface area contributed by atoms with Gasteiger partial charge in [-0.3, -0.25) is 32.5 Å². The number of aliphatic hydroxyl groups is 2. The van der Waals surface area contributed by atoms with Crippen molar-refractivity contribution in [3.63, 3.8) is 0 Å². The number of phosphoric acid groups is 2. The first-order chi connectivity index (χ1) is 55.2. The monoisotopic (exact) mass is 1620 g/mol. The van der Waals surface area contributed by atoms with Crippen molar-refractivity contribution in [3.8, 4) is 0 Å². The van der Waals surface area contributed by atoms with Crippen molar-refractivity contribution >= 4 is 33.6 Å². The second-order valence-electron chi connectivity index (χ2n) is 29.6. The zero-order valence-electron chi connectivity index (χ0n) is 71.3. The van der Waals surface area contributed by atoms with Gasteiger partial charge in [-0.2, -0.15) is 0 Å². The molecular formula is C95H162O16P2. The van der Waals surface area contributed by atoms with Crippen molar-refractivity contribution in [3.05, 3.63) is 158 Å². The molecule has 0 saturated carbocycles. The molecule has 0 aromatic rings. The van der Waals surface area contributed by atoms with Crippen molar-refractivity contribution < 1.29 is 75.8 Å². The number of allylic oxidation sites excluding steroid dienone is 26. The molecule has 648 valence electrons. The summed E-state index contributed by atoms with van der Waals surface area (Å²) in [4.78, 5) is 58.9. The zero-order chi connectivity index (χ0) is 82.2. The molecule has 113 heavy (non-hydrogen) atoms. The molecule has 0 rings (SSSR count). The second-order valence-corrected chi connectivity index (χ2v) is 32.5. The first kappa shape index (κ1) is 108. The number of unbranched alkanes of at least 4 members (excludes halogenated alkanes) is 35. The van der Waals surface area contributed by atoms with E-state index in [0.29, 0.717) is 19.3 Å². The van der Waals surface area contributed by atoms with Gasteiger partial charge in [0, 0.05) is 19.3 Å². The number of carbonyl (C=O) groups excluding carboxylic acids is 3. The summed E-state index contributed by atoms with van der Waals surface area (Å²) < 4.78 is 61.3. The van der Waals surface area contributed by atoms with Gasteiger partial charge in [0.2, 0.25) is 0 Å². The van der Waals surface area contributed by atoms with Gasteiger partial charge >= 0.3 is 33.6 Å². The Morgan fingerprint density at radius 3 is 0.743 bits per heavy atom. The quantitative estimate of drug-likeness (QED) is 0.0146. The second kappa shape index (κ2) is 86.5. The smallest absolute Gasteiger partial charge is 0.463 e. The van der Waals surface area contributed by atoms with E-state index in [-0.39, 0.29) is 19.3 Å². The normalized spacial score (nSPS) is 14.6. The first-order valence-corrected chi connectivity index (χ1v) is 47.8. The van der Waals surface area contributed by atoms with E-state index in [1.54, 1.807) is 0 Å². The number of rotatable bonds is 84. The predicted octanol–water partition coefficient (Wildman–Crippen LogP) is 27.3. The fourth-order valence-electron chi connectivity index (χ4n) is 12.0. The Hall–Kier alpha value is -4.83. The zero-order valence-corrected chi connectivity index (χ0v) is 73.0. The minimum Gasteiger partial charge on any atom is -0.463 e. The fourth-order valence-corrected chi connectivity index (χ4v) is 13.6. The minimum absolute atomic E-state index is 0.0850. The van der Waals surface area contributed by atoms with Crippen LogP contribution in [0.2, 0.25) is 0 Å². The standard InChI is InChI=1S/C95H162O16P2/c1-4-7-10-13-16-19-22-25-28-30-32-34-36-38-40-42-43-44-45-47-49-50-52-54-56-58-61-63-66-69-72-75-78-81-93(98)105-84-90(96)85-107-112(101,102)108-86-91(97)87-109-113(103,104)110-89-92(111-95(100)83-80-77-74-71-68-65-60-27-24-21-18-15-12-9-6-3)88-106-94(99)82-79-76-73-70-67-64-62-59-57-55-53-51-48-46-41-39-37-35-33-31-29-26-23-20-17-14-11-8-5-2/h7-8,10-11,16-21,25-29,32-35,38-41,48,51,60,90-92,96-97H,4-6,9,12-15,22-24,30-31,36-37,42-47,49-50,52-59,61-89H2,1-3H3,(H,101,102)(H,103,104)/b10-7-,11-8-,19-16-,20-17-,21-18-,28-25-,29-26-,34-32-,35-33-,40-38-,41-39-,51-48-,60-27-. The lowest BCUT2D eigenvalue weighted by atomic mass is 10.0. The average Bonchev–Trinajstić information content (AvgIpc) is 0.899. The van der Waals surface area contributed by atoms with Gasteiger partial charge in [-0.25, -0.2) is 9.13 Å². The molecule has 0 aliphatic heterocycles. The van der Waals surface area contributed by atoms with Gasteiger partial charge in [0.25, 0.3) is 0 Å². The van der Waals surface area contributed by atoms with Gasteiger partial charge < -0.3 is 34.2 Å². The van der Waals surface area contributed by atoms with Crippen LogP contribution < -0.4 is 0 Å². The summed E-state index contributed by atoms with van der Waals surface area (Å²) in [5.74, 6) is -1.59. The van der Waals surface area contributed by atoms with Crippen molar-refractivity contribution in [2.75, 3.05) is 39.6 Å². The lowest BCUT2D eigenvalue weighted by Gasteiger charge is -2.21. The molecule has 4 N–H and O–H groups in total. The van der Waals surface area contributed by atoms with E-state index >= 15 is 0 Å². The van der Waals surface area contributed by atoms with Gasteiger partial charge in [0.15, 0.2) is 6.10 Å². The highest BCUT2D eigenvalue weighted by atomic mass is 31.2. The van der Waals surface area contributed by atoms with Crippen LogP contribution in [0.15, 0.2) is 158 Å². The van der Waals surface area contributed by atoms with Crippen molar-refractivity contribution in [2.45, 2.75) is 386 Å². The van der Waals surface area contributed by atoms with Gasteiger partial charge in [-0.1, -0.05) is 359 Å². The van der Waals surface area contributed by atoms with Crippen LogP contribution in [-0.4, -0.2) is 95.9 Å². The molecular weight excluding hydrogens is 1460 g/mol. The van der Waals surface area contributed by atoms with Crippen molar-refractivity contribution in [2.24, 2.45) is 0 Å². The molecule has 18 heteroatoms. The summed E-state index contributed by atoms with van der Waals surface area (Å²) in [6.07, 6.45) is 110. The molecule has 0 aromatic carbocycles. The molecule has 5 atom stereocenters. The molecule has 0 spiro atoms. The predicted molar refractivity (Wildman–Crippen MR) is 472 cm³/mol. The Balaban J connectivity index is 4.47. The Morgan fingerprint density at radius 2 is 0.469 bits per heavy atom. The molecule has 0 aliphatic carbocycles. The lowest BCUT2D eigenvalue weighted by molar-refractivity contribution is -0.161. The van der Waals surface area contributed by atoms with Crippen LogP contribution in [0.25, 0.3) is 0 Å². The van der Waals surface area contributed by atoms with E-state index in [0.717, 1.165) is 167 Å². The SMILES string of the molecule is CC/C=C\C/C=C\C/C=C\C/C=C\C/C=C\C/C=C\CCCCCCCCCCCCC(=O)OCC(COP(=O)(O)OCC(O)COP(=O)(O)OCC(O)COC(=O)CCCCCCCCCCCCCCCCCCC/C=C\C/C=C\C/C=C\C/C=C\C/C=C\CC)OC(=O)CCCCCCC/C=C\C/C=C\CCCCC. The highest BCUT2D eigenvalue weighted by molar-refractivity contribution is 7.47. The Morgan fingerprint density at radius 1 is 0.257 bits per heavy atom. The molecule has 0 bridgehead atoms. The maximum absolute atomic E-state index is 13.0. The van der Waals surface area contributed by atoms with E-state index in [1.807, 2.05) is 0 Å². The molecule has 0 aromatic heterocycles. The van der Waals surface area contributed by atoms with Crippen LogP contribution in [0.1, 0.15) is 367 Å². The number of aliphatic hydroxyl groups excluding tert-OH is 2. The number of hydrogen-bond acceptors (Lipinski definition) is 14. The van der Waals surface area contributed by atoms with Crippen LogP contribution in [0, 0.1) is 0 Å². The number of esters is 3. The van der Waals surface area contributed by atoms with Crippen molar-refractivity contribution in [1.29, 1.82) is 0 Å². The van der Waals surface area contributed by atoms with Crippen LogP contribution in [-0.2, 0) is 55.8 Å². The minimum atomic E-state index is -4.94. The Kier molecular flexibility index (Phi) is 82.8. The number of carbonyl (C=O) groups is 3. The van der Waals surface area contributed by atoms with Crippen LogP contribution in [0.5, 0.6) is 0 Å². The van der Waals surface area contributed by atoms with Gasteiger partial charge in [-0.15, -0.1) is 0 Å². The van der Waals surface area contributed by atoms with E-state index in [4.69, 9.17) is 32.3 Å².